The molecule has 0 N–H and O–H groups in total. The molecule has 0 aliphatic rings. The Hall–Kier alpha value is -4.11. The Morgan fingerprint density at radius 1 is 0.944 bits per heavy atom. The van der Waals surface area contributed by atoms with Gasteiger partial charge in [-0.2, -0.15) is 10.1 Å². The van der Waals surface area contributed by atoms with E-state index in [-0.39, 0.29) is 5.91 Å². The normalized spacial score (nSPS) is 11.1. The molecule has 0 bridgehead atoms. The van der Waals surface area contributed by atoms with Crippen LogP contribution in [0.25, 0.3) is 10.2 Å². The quantitative estimate of drug-likeness (QED) is 0.237. The van der Waals surface area contributed by atoms with Gasteiger partial charge in [-0.1, -0.05) is 17.4 Å². The molecule has 0 atom stereocenters. The molecule has 0 aliphatic heterocycles. The third kappa shape index (κ3) is 5.11. The van der Waals surface area contributed by atoms with E-state index < -0.39 is 0 Å². The van der Waals surface area contributed by atoms with E-state index in [9.17, 15) is 4.79 Å². The molecule has 0 fully saturated rings. The van der Waals surface area contributed by atoms with Crippen LogP contribution in [0.1, 0.15) is 21.5 Å². The van der Waals surface area contributed by atoms with Crippen molar-refractivity contribution in [3.05, 3.63) is 71.3 Å². The van der Waals surface area contributed by atoms with Crippen molar-refractivity contribution >= 4 is 44.5 Å². The highest BCUT2D eigenvalue weighted by atomic mass is 32.1. The van der Waals surface area contributed by atoms with E-state index in [2.05, 4.69) is 10.1 Å². The molecule has 36 heavy (non-hydrogen) atoms. The fraction of sp³-hybridized carbons (Fsp3) is 0.222. The van der Waals surface area contributed by atoms with Crippen molar-refractivity contribution in [3.8, 4) is 17.2 Å². The van der Waals surface area contributed by atoms with Crippen LogP contribution in [0.5, 0.6) is 17.2 Å². The van der Waals surface area contributed by atoms with Gasteiger partial charge in [-0.15, -0.1) is 0 Å². The molecule has 0 saturated carbocycles. The molecule has 4 rings (SSSR count). The molecule has 9 heteroatoms. The van der Waals surface area contributed by atoms with Gasteiger partial charge in [0.25, 0.3) is 5.91 Å². The fourth-order valence-corrected chi connectivity index (χ4v) is 4.64. The maximum Gasteiger partial charge on any atom is 0.280 e. The standard InChI is InChI=1S/C27H28N4O4S/c1-17-7-12-21-24(13-17)36-27(29-21)31(26(32)19-8-10-20(11-9-19)30(2)3)28-16-18-14-22(33-4)25(35-6)23(15-18)34-5/h7-16H,1-6H3/b28-16+. The lowest BCUT2D eigenvalue weighted by Crippen LogP contribution is -2.25. The Morgan fingerprint density at radius 2 is 1.61 bits per heavy atom. The summed E-state index contributed by atoms with van der Waals surface area (Å²) >= 11 is 1.41. The van der Waals surface area contributed by atoms with E-state index >= 15 is 0 Å². The van der Waals surface area contributed by atoms with Crippen molar-refractivity contribution < 1.29 is 19.0 Å². The van der Waals surface area contributed by atoms with Crippen molar-refractivity contribution in [2.75, 3.05) is 45.3 Å². The SMILES string of the molecule is COc1cc(/C=N/N(C(=O)c2ccc(N(C)C)cc2)c2nc3ccc(C)cc3s2)cc(OC)c1OC. The van der Waals surface area contributed by atoms with Gasteiger partial charge >= 0.3 is 0 Å². The molecule has 0 spiro atoms. The lowest BCUT2D eigenvalue weighted by atomic mass is 10.2. The summed E-state index contributed by atoms with van der Waals surface area (Å²) in [7, 11) is 8.55. The number of hydrogen-bond acceptors (Lipinski definition) is 8. The van der Waals surface area contributed by atoms with E-state index in [0.717, 1.165) is 21.5 Å². The van der Waals surface area contributed by atoms with Crippen LogP contribution in [0.4, 0.5) is 10.8 Å². The highest BCUT2D eigenvalue weighted by Crippen LogP contribution is 2.38. The molecular formula is C27H28N4O4S. The van der Waals surface area contributed by atoms with Gasteiger partial charge in [0.15, 0.2) is 11.5 Å². The molecule has 8 nitrogen and oxygen atoms in total. The Bertz CT molecular complexity index is 1390. The number of hydrogen-bond donors (Lipinski definition) is 0. The molecule has 1 aromatic heterocycles. The number of anilines is 2. The number of nitrogens with zero attached hydrogens (tertiary/aromatic N) is 4. The van der Waals surface area contributed by atoms with Crippen LogP contribution in [0.15, 0.2) is 59.7 Å². The van der Waals surface area contributed by atoms with Crippen LogP contribution in [0, 0.1) is 6.92 Å². The minimum Gasteiger partial charge on any atom is -0.493 e. The van der Waals surface area contributed by atoms with Crippen molar-refractivity contribution in [1.29, 1.82) is 0 Å². The van der Waals surface area contributed by atoms with Gasteiger partial charge in [-0.25, -0.2) is 4.98 Å². The van der Waals surface area contributed by atoms with Crippen LogP contribution in [-0.2, 0) is 0 Å². The molecule has 0 aliphatic carbocycles. The summed E-state index contributed by atoms with van der Waals surface area (Å²) in [6.07, 6.45) is 1.58. The zero-order valence-corrected chi connectivity index (χ0v) is 21.9. The van der Waals surface area contributed by atoms with Gasteiger partial charge in [0.1, 0.15) is 0 Å². The molecular weight excluding hydrogens is 476 g/mol. The van der Waals surface area contributed by atoms with Crippen molar-refractivity contribution in [1.82, 2.24) is 4.98 Å². The highest BCUT2D eigenvalue weighted by molar-refractivity contribution is 7.22. The first kappa shape index (κ1) is 25.0. The summed E-state index contributed by atoms with van der Waals surface area (Å²) in [6.45, 7) is 2.02. The first-order valence-corrected chi connectivity index (χ1v) is 12.0. The number of carbonyl (C=O) groups is 1. The van der Waals surface area contributed by atoms with Crippen molar-refractivity contribution in [2.24, 2.45) is 5.10 Å². The zero-order chi connectivity index (χ0) is 25.8. The lowest BCUT2D eigenvalue weighted by molar-refractivity contribution is 0.0988. The summed E-state index contributed by atoms with van der Waals surface area (Å²) < 4.78 is 17.3. The number of methoxy groups -OCH3 is 3. The third-order valence-corrected chi connectivity index (χ3v) is 6.54. The number of aryl methyl sites for hydroxylation is 1. The minimum atomic E-state index is -0.292. The molecule has 0 saturated heterocycles. The second kappa shape index (κ2) is 10.7. The molecule has 1 heterocycles. The van der Waals surface area contributed by atoms with E-state index in [0.29, 0.717) is 33.5 Å². The topological polar surface area (TPSA) is 76.5 Å². The first-order valence-electron chi connectivity index (χ1n) is 11.2. The van der Waals surface area contributed by atoms with Crippen LogP contribution in [0.3, 0.4) is 0 Å². The van der Waals surface area contributed by atoms with Crippen molar-refractivity contribution in [2.45, 2.75) is 6.92 Å². The Balaban J connectivity index is 1.77. The number of aromatic nitrogens is 1. The predicted octanol–water partition coefficient (Wildman–Crippen LogP) is 5.38. The molecule has 0 unspecified atom stereocenters. The fourth-order valence-electron chi connectivity index (χ4n) is 3.62. The van der Waals surface area contributed by atoms with Gasteiger partial charge in [0.2, 0.25) is 10.9 Å². The predicted molar refractivity (Wildman–Crippen MR) is 146 cm³/mol. The van der Waals surface area contributed by atoms with Gasteiger partial charge in [0.05, 0.1) is 37.8 Å². The van der Waals surface area contributed by atoms with E-state index in [1.807, 2.05) is 56.3 Å². The van der Waals surface area contributed by atoms with Crippen LogP contribution < -0.4 is 24.1 Å². The van der Waals surface area contributed by atoms with Crippen LogP contribution in [0.2, 0.25) is 0 Å². The van der Waals surface area contributed by atoms with Crippen molar-refractivity contribution in [3.63, 3.8) is 0 Å². The maximum absolute atomic E-state index is 13.6. The highest BCUT2D eigenvalue weighted by Gasteiger charge is 2.22. The summed E-state index contributed by atoms with van der Waals surface area (Å²) in [6, 6.07) is 16.9. The Morgan fingerprint density at radius 3 is 2.19 bits per heavy atom. The average Bonchev–Trinajstić information content (AvgIpc) is 3.30. The number of amides is 1. The minimum absolute atomic E-state index is 0.292. The van der Waals surface area contributed by atoms with Gasteiger partial charge in [-0.05, 0) is 61.0 Å². The van der Waals surface area contributed by atoms with Gasteiger partial charge in [0, 0.05) is 30.9 Å². The second-order valence-corrected chi connectivity index (χ2v) is 9.24. The zero-order valence-electron chi connectivity index (χ0n) is 21.1. The van der Waals surface area contributed by atoms with E-state index in [1.54, 1.807) is 51.8 Å². The number of ether oxygens (including phenoxy) is 3. The van der Waals surface area contributed by atoms with E-state index in [1.165, 1.54) is 16.3 Å². The Kier molecular flexibility index (Phi) is 7.40. The summed E-state index contributed by atoms with van der Waals surface area (Å²) in [5.41, 5.74) is 4.09. The molecule has 3 aromatic carbocycles. The average molecular weight is 505 g/mol. The van der Waals surface area contributed by atoms with E-state index in [4.69, 9.17) is 14.2 Å². The van der Waals surface area contributed by atoms with Crippen LogP contribution in [-0.4, -0.2) is 52.5 Å². The summed E-state index contributed by atoms with van der Waals surface area (Å²) in [5.74, 6) is 1.17. The van der Waals surface area contributed by atoms with Gasteiger partial charge < -0.3 is 19.1 Å². The second-order valence-electron chi connectivity index (χ2n) is 8.23. The summed E-state index contributed by atoms with van der Waals surface area (Å²) in [4.78, 5) is 20.3. The number of fused-ring (bicyclic) bond motifs is 1. The summed E-state index contributed by atoms with van der Waals surface area (Å²) in [5, 5.41) is 6.37. The maximum atomic E-state index is 13.6. The molecule has 1 amide bonds. The number of rotatable bonds is 8. The smallest absolute Gasteiger partial charge is 0.280 e. The first-order chi connectivity index (χ1) is 17.3. The number of benzene rings is 3. The Labute approximate surface area is 214 Å². The third-order valence-electron chi connectivity index (χ3n) is 5.55. The number of carbonyl (C=O) groups excluding carboxylic acids is 1. The number of thiazole rings is 1. The largest absolute Gasteiger partial charge is 0.493 e. The molecule has 4 aromatic rings. The molecule has 186 valence electrons. The lowest BCUT2D eigenvalue weighted by Gasteiger charge is -2.16. The molecule has 0 radical (unpaired) electrons. The number of hydrazone groups is 1. The monoisotopic (exact) mass is 504 g/mol. The van der Waals surface area contributed by atoms with Gasteiger partial charge in [-0.3, -0.25) is 4.79 Å². The van der Waals surface area contributed by atoms with Crippen LogP contribution >= 0.6 is 11.3 Å².